The molecule has 0 aromatic heterocycles. The first-order valence-electron chi connectivity index (χ1n) is 12.9. The zero-order valence-corrected chi connectivity index (χ0v) is 23.9. The van der Waals surface area contributed by atoms with Crippen LogP contribution in [-0.2, 0) is 38.8 Å². The van der Waals surface area contributed by atoms with Crippen LogP contribution in [0.25, 0.3) is 0 Å². The van der Waals surface area contributed by atoms with E-state index >= 15 is 0 Å². The van der Waals surface area contributed by atoms with Gasteiger partial charge in [-0.3, -0.25) is 4.31 Å². The van der Waals surface area contributed by atoms with Gasteiger partial charge in [-0.05, 0) is 43.5 Å². The van der Waals surface area contributed by atoms with Crippen molar-refractivity contribution in [1.29, 1.82) is 0 Å². The summed E-state index contributed by atoms with van der Waals surface area (Å²) >= 11 is 1.71. The van der Waals surface area contributed by atoms with E-state index in [1.165, 1.54) is 0 Å². The highest BCUT2D eigenvalue weighted by Gasteiger charge is 2.36. The predicted octanol–water partition coefficient (Wildman–Crippen LogP) is 5.60. The van der Waals surface area contributed by atoms with Crippen LogP contribution >= 0.6 is 11.9 Å². The zero-order chi connectivity index (χ0) is 27.4. The van der Waals surface area contributed by atoms with Gasteiger partial charge in [0.05, 0.1) is 32.5 Å². The third-order valence-electron chi connectivity index (χ3n) is 5.82. The van der Waals surface area contributed by atoms with Gasteiger partial charge >= 0.3 is 0 Å². The molecule has 0 radical (unpaired) electrons. The lowest BCUT2D eigenvalue weighted by Crippen LogP contribution is -2.49. The Balaban J connectivity index is 0.000000651. The van der Waals surface area contributed by atoms with Crippen molar-refractivity contribution in [1.82, 2.24) is 4.31 Å². The van der Waals surface area contributed by atoms with Crippen LogP contribution in [0.15, 0.2) is 91.0 Å². The van der Waals surface area contributed by atoms with Gasteiger partial charge in [0, 0.05) is 13.7 Å². The molecule has 1 saturated heterocycles. The van der Waals surface area contributed by atoms with Gasteiger partial charge in [0.2, 0.25) is 0 Å². The van der Waals surface area contributed by atoms with E-state index in [2.05, 4.69) is 36.4 Å². The maximum Gasteiger partial charge on any atom is 0.113 e. The molecule has 0 spiro atoms. The average molecular weight is 542 g/mol. The van der Waals surface area contributed by atoms with Crippen LogP contribution in [0.4, 0.5) is 0 Å². The normalized spacial score (nSPS) is 18.6. The molecule has 1 aliphatic heterocycles. The molecule has 0 saturated carbocycles. The molecule has 208 valence electrons. The van der Waals surface area contributed by atoms with Crippen LogP contribution in [0.3, 0.4) is 0 Å². The van der Waals surface area contributed by atoms with E-state index in [4.69, 9.17) is 24.1 Å². The average Bonchev–Trinajstić information content (AvgIpc) is 2.98. The van der Waals surface area contributed by atoms with Gasteiger partial charge in [0.15, 0.2) is 0 Å². The van der Waals surface area contributed by atoms with Crippen molar-refractivity contribution in [2.45, 2.75) is 44.6 Å². The first kappa shape index (κ1) is 32.0. The largest absolute Gasteiger partial charge is 0.400 e. The Morgan fingerprint density at radius 1 is 0.763 bits per heavy atom. The molecule has 1 fully saturated rings. The molecular formula is C31H43NO5S. The first-order chi connectivity index (χ1) is 18.7. The van der Waals surface area contributed by atoms with Gasteiger partial charge in [-0.2, -0.15) is 0 Å². The van der Waals surface area contributed by atoms with Crippen LogP contribution in [0, 0.1) is 0 Å². The van der Waals surface area contributed by atoms with Gasteiger partial charge in [-0.1, -0.05) is 103 Å². The fourth-order valence-corrected chi connectivity index (χ4v) is 3.78. The van der Waals surface area contributed by atoms with E-state index in [-0.39, 0.29) is 18.3 Å². The summed E-state index contributed by atoms with van der Waals surface area (Å²) in [7, 11) is 5.04. The lowest BCUT2D eigenvalue weighted by Gasteiger charge is -2.37. The summed E-state index contributed by atoms with van der Waals surface area (Å²) in [5.74, 6) is 0. The van der Waals surface area contributed by atoms with Crippen molar-refractivity contribution in [2.24, 2.45) is 0 Å². The molecule has 3 aromatic carbocycles. The number of rotatable bonds is 11. The number of nitrogens with zero attached hydrogens (tertiary/aromatic N) is 1. The first-order valence-corrected chi connectivity index (χ1v) is 14.0. The summed E-state index contributed by atoms with van der Waals surface area (Å²) < 4.78 is 26.8. The van der Waals surface area contributed by atoms with Crippen LogP contribution in [0.1, 0.15) is 23.1 Å². The molecule has 1 N–H and O–H groups in total. The van der Waals surface area contributed by atoms with Crippen LogP contribution < -0.4 is 0 Å². The van der Waals surface area contributed by atoms with Crippen molar-refractivity contribution < 1.29 is 24.1 Å². The fraction of sp³-hybridized carbons (Fsp3) is 0.419. The molecule has 4 rings (SSSR count). The van der Waals surface area contributed by atoms with E-state index in [0.29, 0.717) is 33.0 Å². The number of hydrogen-bond acceptors (Lipinski definition) is 7. The molecule has 38 heavy (non-hydrogen) atoms. The van der Waals surface area contributed by atoms with Gasteiger partial charge in [-0.15, -0.1) is 0 Å². The molecule has 3 atom stereocenters. The minimum absolute atomic E-state index is 0.0389. The monoisotopic (exact) mass is 541 g/mol. The molecule has 0 bridgehead atoms. The number of hydrogen-bond donors (Lipinski definition) is 1. The Bertz CT molecular complexity index is 946. The van der Waals surface area contributed by atoms with Crippen molar-refractivity contribution in [2.75, 3.05) is 40.7 Å². The van der Waals surface area contributed by atoms with E-state index in [1.54, 1.807) is 11.9 Å². The predicted molar refractivity (Wildman–Crippen MR) is 156 cm³/mol. The molecule has 1 heterocycles. The van der Waals surface area contributed by atoms with Gasteiger partial charge in [0.1, 0.15) is 12.2 Å². The smallest absolute Gasteiger partial charge is 0.113 e. The van der Waals surface area contributed by atoms with Gasteiger partial charge in [-0.25, -0.2) is 0 Å². The Hall–Kier alpha value is -2.23. The Morgan fingerprint density at radius 2 is 1.21 bits per heavy atom. The molecule has 6 nitrogen and oxygen atoms in total. The summed E-state index contributed by atoms with van der Waals surface area (Å²) in [5.41, 5.74) is 3.45. The summed E-state index contributed by atoms with van der Waals surface area (Å²) in [6.45, 7) is 2.76. The number of aliphatic hydroxyl groups excluding tert-OH is 1. The Morgan fingerprint density at radius 3 is 1.68 bits per heavy atom. The third-order valence-corrected chi connectivity index (χ3v) is 6.55. The standard InChI is InChI=1S/C27H30O4.C3H9NS.CH4O/c1-4-10-22(11-5-1)18-28-21-26-27(31-20-24-14-8-3-9-15-24)25(16-17-29-26)30-19-23-12-6-2-7-13-23;1-4(2)5-3;1-2/h1-15,25-27H,16-21H2;1-3H3;2H,1H3. The zero-order valence-electron chi connectivity index (χ0n) is 23.1. The van der Waals surface area contributed by atoms with Gasteiger partial charge in [0.25, 0.3) is 0 Å². The second kappa shape index (κ2) is 19.8. The number of ether oxygens (including phenoxy) is 4. The van der Waals surface area contributed by atoms with Gasteiger partial charge < -0.3 is 24.1 Å². The minimum atomic E-state index is -0.187. The molecule has 0 aliphatic carbocycles. The second-order valence-corrected chi connectivity index (χ2v) is 9.89. The highest BCUT2D eigenvalue weighted by atomic mass is 32.2. The van der Waals surface area contributed by atoms with Crippen LogP contribution in [-0.4, -0.2) is 68.4 Å². The maximum absolute atomic E-state index is 7.00. The number of benzene rings is 3. The maximum atomic E-state index is 7.00. The lowest BCUT2D eigenvalue weighted by atomic mass is 10.0. The van der Waals surface area contributed by atoms with Crippen LogP contribution in [0.5, 0.6) is 0 Å². The van der Waals surface area contributed by atoms with Crippen LogP contribution in [0.2, 0.25) is 0 Å². The van der Waals surface area contributed by atoms with E-state index in [0.717, 1.165) is 30.2 Å². The summed E-state index contributed by atoms with van der Waals surface area (Å²) in [6.07, 6.45) is 2.46. The molecule has 3 unspecified atom stereocenters. The topological polar surface area (TPSA) is 60.4 Å². The SMILES string of the molecule is CO.CSN(C)C.c1ccc(COCC2OCCC(OCc3ccccc3)C2OCc2ccccc2)cc1. The molecule has 7 heteroatoms. The minimum Gasteiger partial charge on any atom is -0.400 e. The van der Waals surface area contributed by atoms with E-state index in [9.17, 15) is 0 Å². The van der Waals surface area contributed by atoms with E-state index in [1.807, 2.05) is 79.3 Å². The second-order valence-electron chi connectivity index (χ2n) is 8.79. The van der Waals surface area contributed by atoms with E-state index < -0.39 is 0 Å². The van der Waals surface area contributed by atoms with Crippen molar-refractivity contribution >= 4 is 11.9 Å². The third kappa shape index (κ3) is 12.5. The molecule has 0 amide bonds. The summed E-state index contributed by atoms with van der Waals surface area (Å²) in [5, 5.41) is 7.00. The van der Waals surface area contributed by atoms with Crippen molar-refractivity contribution in [3.05, 3.63) is 108 Å². The van der Waals surface area contributed by atoms with Crippen molar-refractivity contribution in [3.63, 3.8) is 0 Å². The van der Waals surface area contributed by atoms with Crippen molar-refractivity contribution in [3.8, 4) is 0 Å². The summed E-state index contributed by atoms with van der Waals surface area (Å²) in [4.78, 5) is 0. The lowest BCUT2D eigenvalue weighted by molar-refractivity contribution is -0.197. The summed E-state index contributed by atoms with van der Waals surface area (Å²) in [6, 6.07) is 30.7. The Kier molecular flexibility index (Phi) is 16.7. The highest BCUT2D eigenvalue weighted by molar-refractivity contribution is 7.96. The molecular weight excluding hydrogens is 498 g/mol. The Labute approximate surface area is 233 Å². The number of aliphatic hydroxyl groups is 1. The fourth-order valence-electron chi connectivity index (χ4n) is 3.78. The molecule has 1 aliphatic rings. The quantitative estimate of drug-likeness (QED) is 0.317. The highest BCUT2D eigenvalue weighted by Crippen LogP contribution is 2.24. The molecule has 3 aromatic rings.